The third-order valence-electron chi connectivity index (χ3n) is 4.74. The van der Waals surface area contributed by atoms with Crippen LogP contribution in [0.1, 0.15) is 31.3 Å². The van der Waals surface area contributed by atoms with E-state index < -0.39 is 11.8 Å². The van der Waals surface area contributed by atoms with Crippen molar-refractivity contribution in [1.82, 2.24) is 4.57 Å². The normalized spacial score (nSPS) is 12.2. The fraction of sp³-hybridized carbons (Fsp3) is 0.300. The molecule has 0 amide bonds. The van der Waals surface area contributed by atoms with E-state index in [2.05, 4.69) is 22.6 Å². The molecule has 6 heteroatoms. The summed E-state index contributed by atoms with van der Waals surface area (Å²) in [5, 5.41) is 23.1. The Kier molecular flexibility index (Phi) is 5.18. The standard InChI is InChI=1S/C20H22INO4/c1-20(2,13-8-6-5-7-9-13)22-17(23)14-10-12(19(25-3)26-4)11-15(21)16(14)18(22)24/h5-11,19,23-24H,1-4H3. The van der Waals surface area contributed by atoms with Crippen molar-refractivity contribution in [2.75, 3.05) is 14.2 Å². The van der Waals surface area contributed by atoms with Gasteiger partial charge in [-0.3, -0.25) is 4.57 Å². The van der Waals surface area contributed by atoms with Crippen LogP contribution in [0.5, 0.6) is 11.8 Å². The van der Waals surface area contributed by atoms with E-state index >= 15 is 0 Å². The van der Waals surface area contributed by atoms with Crippen molar-refractivity contribution in [1.29, 1.82) is 0 Å². The van der Waals surface area contributed by atoms with Gasteiger partial charge in [0.15, 0.2) is 6.29 Å². The molecule has 0 saturated carbocycles. The molecule has 0 aliphatic carbocycles. The summed E-state index contributed by atoms with van der Waals surface area (Å²) in [5.41, 5.74) is 1.12. The molecule has 0 unspecified atom stereocenters. The summed E-state index contributed by atoms with van der Waals surface area (Å²) in [6.45, 7) is 3.92. The molecule has 0 aliphatic rings. The lowest BCUT2D eigenvalue weighted by Gasteiger charge is -2.29. The SMILES string of the molecule is COC(OC)c1cc(I)c2c(O)n(C(C)(C)c3ccccc3)c(O)c2c1. The fourth-order valence-corrected chi connectivity index (χ4v) is 4.26. The first-order valence-corrected chi connectivity index (χ1v) is 9.28. The maximum atomic E-state index is 11.0. The molecule has 0 aliphatic heterocycles. The minimum absolute atomic E-state index is 0.0112. The number of ether oxygens (including phenoxy) is 2. The van der Waals surface area contributed by atoms with Gasteiger partial charge in [0.25, 0.3) is 0 Å². The van der Waals surface area contributed by atoms with E-state index in [1.165, 1.54) is 0 Å². The van der Waals surface area contributed by atoms with Crippen molar-refractivity contribution in [2.24, 2.45) is 0 Å². The van der Waals surface area contributed by atoms with Crippen LogP contribution in [0.15, 0.2) is 42.5 Å². The molecule has 2 aromatic carbocycles. The highest BCUT2D eigenvalue weighted by atomic mass is 127. The van der Waals surface area contributed by atoms with Gasteiger partial charge in [-0.05, 0) is 54.1 Å². The lowest BCUT2D eigenvalue weighted by Crippen LogP contribution is -2.26. The van der Waals surface area contributed by atoms with Crippen molar-refractivity contribution < 1.29 is 19.7 Å². The Hall–Kier alpha value is -1.77. The Labute approximate surface area is 166 Å². The maximum Gasteiger partial charge on any atom is 0.203 e. The maximum absolute atomic E-state index is 11.0. The van der Waals surface area contributed by atoms with Crippen LogP contribution in [0.2, 0.25) is 0 Å². The van der Waals surface area contributed by atoms with Gasteiger partial charge in [-0.1, -0.05) is 30.3 Å². The quantitative estimate of drug-likeness (QED) is 0.421. The summed E-state index contributed by atoms with van der Waals surface area (Å²) in [6, 6.07) is 13.5. The van der Waals surface area contributed by atoms with Gasteiger partial charge in [0, 0.05) is 28.7 Å². The molecule has 0 radical (unpaired) electrons. The van der Waals surface area contributed by atoms with Crippen LogP contribution in [0.4, 0.5) is 0 Å². The third kappa shape index (κ3) is 2.95. The molecule has 1 aromatic heterocycles. The third-order valence-corrected chi connectivity index (χ3v) is 5.59. The van der Waals surface area contributed by atoms with Crippen molar-refractivity contribution >= 4 is 33.4 Å². The molecule has 1 heterocycles. The topological polar surface area (TPSA) is 63.8 Å². The predicted octanol–water partition coefficient (Wildman–Crippen LogP) is 4.73. The molecule has 138 valence electrons. The summed E-state index contributed by atoms with van der Waals surface area (Å²) in [7, 11) is 3.12. The molecule has 3 aromatic rings. The predicted molar refractivity (Wildman–Crippen MR) is 110 cm³/mol. The van der Waals surface area contributed by atoms with E-state index in [1.807, 2.05) is 50.2 Å². The zero-order chi connectivity index (χ0) is 19.1. The van der Waals surface area contributed by atoms with Crippen LogP contribution in [-0.4, -0.2) is 29.0 Å². The van der Waals surface area contributed by atoms with E-state index in [9.17, 15) is 10.2 Å². The zero-order valence-corrected chi connectivity index (χ0v) is 17.3. The number of halogens is 1. The molecule has 2 N–H and O–H groups in total. The number of aromatic hydroxyl groups is 2. The Bertz CT molecular complexity index is 930. The number of rotatable bonds is 5. The van der Waals surface area contributed by atoms with Gasteiger partial charge in [-0.2, -0.15) is 0 Å². The highest BCUT2D eigenvalue weighted by Gasteiger charge is 2.31. The second-order valence-electron chi connectivity index (χ2n) is 6.64. The molecule has 0 atom stereocenters. The molecule has 26 heavy (non-hydrogen) atoms. The van der Waals surface area contributed by atoms with Crippen LogP contribution >= 0.6 is 22.6 Å². The Balaban J connectivity index is 2.27. The smallest absolute Gasteiger partial charge is 0.203 e. The number of benzene rings is 2. The second kappa shape index (κ2) is 7.09. The van der Waals surface area contributed by atoms with Gasteiger partial charge in [0.2, 0.25) is 11.8 Å². The highest BCUT2D eigenvalue weighted by molar-refractivity contribution is 14.1. The monoisotopic (exact) mass is 467 g/mol. The lowest BCUT2D eigenvalue weighted by molar-refractivity contribution is -0.105. The minimum Gasteiger partial charge on any atom is -0.494 e. The van der Waals surface area contributed by atoms with Crippen LogP contribution in [0, 0.1) is 3.57 Å². The van der Waals surface area contributed by atoms with E-state index in [4.69, 9.17) is 9.47 Å². The first-order chi connectivity index (χ1) is 12.3. The van der Waals surface area contributed by atoms with Crippen LogP contribution in [0.25, 0.3) is 10.8 Å². The molecule has 0 bridgehead atoms. The van der Waals surface area contributed by atoms with Gasteiger partial charge < -0.3 is 19.7 Å². The Morgan fingerprint density at radius 1 is 1.00 bits per heavy atom. The molecule has 0 fully saturated rings. The van der Waals surface area contributed by atoms with Crippen LogP contribution in [-0.2, 0) is 15.0 Å². The van der Waals surface area contributed by atoms with Crippen molar-refractivity contribution in [3.63, 3.8) is 0 Å². The molecule has 3 rings (SSSR count). The average Bonchev–Trinajstić information content (AvgIpc) is 2.88. The fourth-order valence-electron chi connectivity index (χ4n) is 3.37. The summed E-state index contributed by atoms with van der Waals surface area (Å²) in [4.78, 5) is 0. The molecule has 0 saturated heterocycles. The van der Waals surface area contributed by atoms with E-state index in [1.54, 1.807) is 24.9 Å². The summed E-state index contributed by atoms with van der Waals surface area (Å²) in [5.74, 6) is 0.0470. The number of hydrogen-bond donors (Lipinski definition) is 2. The number of methoxy groups -OCH3 is 2. The van der Waals surface area contributed by atoms with E-state index in [-0.39, 0.29) is 11.8 Å². The second-order valence-corrected chi connectivity index (χ2v) is 7.80. The number of aromatic nitrogens is 1. The largest absolute Gasteiger partial charge is 0.494 e. The summed E-state index contributed by atoms with van der Waals surface area (Å²) < 4.78 is 13.0. The van der Waals surface area contributed by atoms with Crippen molar-refractivity contribution in [2.45, 2.75) is 25.7 Å². The molecular weight excluding hydrogens is 445 g/mol. The zero-order valence-electron chi connectivity index (χ0n) is 15.2. The Morgan fingerprint density at radius 2 is 1.62 bits per heavy atom. The van der Waals surface area contributed by atoms with Gasteiger partial charge in [-0.15, -0.1) is 0 Å². The summed E-state index contributed by atoms with van der Waals surface area (Å²) in [6.07, 6.45) is -0.542. The van der Waals surface area contributed by atoms with Gasteiger partial charge in [0.05, 0.1) is 10.9 Å². The van der Waals surface area contributed by atoms with Gasteiger partial charge >= 0.3 is 0 Å². The number of nitrogens with zero attached hydrogens (tertiary/aromatic N) is 1. The average molecular weight is 467 g/mol. The molecule has 0 spiro atoms. The number of fused-ring (bicyclic) bond motifs is 1. The van der Waals surface area contributed by atoms with Crippen molar-refractivity contribution in [3.8, 4) is 11.8 Å². The molecular formula is C20H22INO4. The Morgan fingerprint density at radius 3 is 2.19 bits per heavy atom. The summed E-state index contributed by atoms with van der Waals surface area (Å²) >= 11 is 2.15. The first kappa shape index (κ1) is 19.0. The van der Waals surface area contributed by atoms with E-state index in [0.29, 0.717) is 10.8 Å². The van der Waals surface area contributed by atoms with Crippen molar-refractivity contribution in [3.05, 3.63) is 57.2 Å². The van der Waals surface area contributed by atoms with Crippen LogP contribution in [0.3, 0.4) is 0 Å². The minimum atomic E-state index is -0.639. The van der Waals surface area contributed by atoms with Crippen LogP contribution < -0.4 is 0 Å². The lowest BCUT2D eigenvalue weighted by atomic mass is 9.94. The van der Waals surface area contributed by atoms with Gasteiger partial charge in [0.1, 0.15) is 0 Å². The number of hydrogen-bond acceptors (Lipinski definition) is 4. The van der Waals surface area contributed by atoms with Gasteiger partial charge in [-0.25, -0.2) is 0 Å². The van der Waals surface area contributed by atoms with E-state index in [0.717, 1.165) is 14.7 Å². The first-order valence-electron chi connectivity index (χ1n) is 8.20. The molecule has 5 nitrogen and oxygen atoms in total. The highest BCUT2D eigenvalue weighted by Crippen LogP contribution is 2.45.